The minimum absolute atomic E-state index is 0.000937. The summed E-state index contributed by atoms with van der Waals surface area (Å²) >= 11 is 1.32. The second-order valence-electron chi connectivity index (χ2n) is 4.87. The molecule has 0 aliphatic heterocycles. The average Bonchev–Trinajstić information content (AvgIpc) is 2.94. The number of methoxy groups -OCH3 is 1. The number of hydrogen-bond donors (Lipinski definition) is 3. The largest absolute Gasteiger partial charge is 0.504 e. The number of rotatable bonds is 4. The Balaban J connectivity index is 1.70. The van der Waals surface area contributed by atoms with Crippen LogP contribution in [0, 0.1) is 0 Å². The van der Waals surface area contributed by atoms with Gasteiger partial charge >= 0.3 is 0 Å². The predicted octanol–water partition coefficient (Wildman–Crippen LogP) is 2.36. The number of nitrogens with one attached hydrogen (secondary N) is 1. The molecule has 1 amide bonds. The molecule has 0 saturated carbocycles. The van der Waals surface area contributed by atoms with Crippen LogP contribution >= 0.6 is 11.3 Å². The number of benzene rings is 2. The van der Waals surface area contributed by atoms with Crippen LogP contribution in [0.4, 0.5) is 5.13 Å². The summed E-state index contributed by atoms with van der Waals surface area (Å²) in [6, 6.07) is 9.92. The van der Waals surface area contributed by atoms with Gasteiger partial charge in [0.15, 0.2) is 16.6 Å². The summed E-state index contributed by atoms with van der Waals surface area (Å²) in [5, 5.41) is 14.0. The van der Waals surface area contributed by atoms with Crippen LogP contribution in [0.5, 0.6) is 11.5 Å². The quantitative estimate of drug-likeness (QED) is 0.498. The van der Waals surface area contributed by atoms with Gasteiger partial charge in [-0.25, -0.2) is 10.4 Å². The monoisotopic (exact) mass is 342 g/mol. The van der Waals surface area contributed by atoms with E-state index in [1.807, 2.05) is 0 Å². The third-order valence-corrected chi connectivity index (χ3v) is 4.10. The van der Waals surface area contributed by atoms with Crippen LogP contribution in [0.25, 0.3) is 10.2 Å². The van der Waals surface area contributed by atoms with E-state index in [2.05, 4.69) is 15.5 Å². The summed E-state index contributed by atoms with van der Waals surface area (Å²) in [6.07, 6.45) is 1.43. The summed E-state index contributed by atoms with van der Waals surface area (Å²) in [5.41, 5.74) is 9.93. The SMILES string of the molecule is COc1ccc(/C=N\NC(=O)c2ccc3nc(N)sc3c2)cc1O. The number of anilines is 1. The number of thiazole rings is 1. The van der Waals surface area contributed by atoms with Crippen LogP contribution in [0.2, 0.25) is 0 Å². The Morgan fingerprint density at radius 2 is 2.21 bits per heavy atom. The van der Waals surface area contributed by atoms with E-state index in [1.54, 1.807) is 30.3 Å². The van der Waals surface area contributed by atoms with Crippen molar-refractivity contribution in [2.24, 2.45) is 5.10 Å². The third kappa shape index (κ3) is 3.28. The molecule has 1 aromatic heterocycles. The highest BCUT2D eigenvalue weighted by Crippen LogP contribution is 2.26. The maximum Gasteiger partial charge on any atom is 0.271 e. The summed E-state index contributed by atoms with van der Waals surface area (Å²) in [5.74, 6) is 0.0205. The van der Waals surface area contributed by atoms with E-state index >= 15 is 0 Å². The molecule has 3 rings (SSSR count). The zero-order valence-corrected chi connectivity index (χ0v) is 13.5. The molecular weight excluding hydrogens is 328 g/mol. The first-order valence-electron chi connectivity index (χ1n) is 6.93. The Morgan fingerprint density at radius 3 is 2.96 bits per heavy atom. The summed E-state index contributed by atoms with van der Waals surface area (Å²) < 4.78 is 5.80. The molecule has 0 bridgehead atoms. The Bertz CT molecular complexity index is 936. The number of nitrogens with two attached hydrogens (primary N) is 1. The van der Waals surface area contributed by atoms with E-state index in [0.29, 0.717) is 22.0 Å². The summed E-state index contributed by atoms with van der Waals surface area (Å²) in [6.45, 7) is 0. The van der Waals surface area contributed by atoms with E-state index in [-0.39, 0.29) is 11.7 Å². The minimum atomic E-state index is -0.349. The first-order chi connectivity index (χ1) is 11.6. The molecule has 24 heavy (non-hydrogen) atoms. The Kier molecular flexibility index (Phi) is 4.30. The van der Waals surface area contributed by atoms with E-state index in [0.717, 1.165) is 10.2 Å². The second kappa shape index (κ2) is 6.55. The lowest BCUT2D eigenvalue weighted by atomic mass is 10.2. The van der Waals surface area contributed by atoms with Crippen LogP contribution in [-0.2, 0) is 0 Å². The number of nitrogens with zero attached hydrogens (tertiary/aromatic N) is 2. The number of hydrazone groups is 1. The lowest BCUT2D eigenvalue weighted by molar-refractivity contribution is 0.0955. The number of phenolic OH excluding ortho intramolecular Hbond substituents is 1. The number of hydrogen-bond acceptors (Lipinski definition) is 7. The van der Waals surface area contributed by atoms with Crippen LogP contribution in [0.1, 0.15) is 15.9 Å². The first kappa shape index (κ1) is 15.8. The molecule has 0 unspecified atom stereocenters. The van der Waals surface area contributed by atoms with Crippen LogP contribution in [0.3, 0.4) is 0 Å². The molecule has 4 N–H and O–H groups in total. The van der Waals surface area contributed by atoms with Crippen molar-refractivity contribution in [2.45, 2.75) is 0 Å². The fourth-order valence-corrected chi connectivity index (χ4v) is 2.87. The molecule has 0 radical (unpaired) electrons. The molecule has 0 fully saturated rings. The molecule has 0 aliphatic rings. The number of aromatic nitrogens is 1. The smallest absolute Gasteiger partial charge is 0.271 e. The zero-order chi connectivity index (χ0) is 17.1. The summed E-state index contributed by atoms with van der Waals surface area (Å²) in [7, 11) is 1.47. The second-order valence-corrected chi connectivity index (χ2v) is 5.93. The highest BCUT2D eigenvalue weighted by molar-refractivity contribution is 7.22. The van der Waals surface area contributed by atoms with Gasteiger partial charge in [0.1, 0.15) is 0 Å². The molecule has 0 spiro atoms. The van der Waals surface area contributed by atoms with Crippen molar-refractivity contribution in [1.82, 2.24) is 10.4 Å². The predicted molar refractivity (Wildman–Crippen MR) is 93.8 cm³/mol. The number of amides is 1. The van der Waals surface area contributed by atoms with Crippen molar-refractivity contribution < 1.29 is 14.6 Å². The van der Waals surface area contributed by atoms with Gasteiger partial charge < -0.3 is 15.6 Å². The lowest BCUT2D eigenvalue weighted by Crippen LogP contribution is -2.17. The van der Waals surface area contributed by atoms with Gasteiger partial charge in [-0.15, -0.1) is 0 Å². The molecule has 3 aromatic rings. The van der Waals surface area contributed by atoms with Gasteiger partial charge in [0.05, 0.1) is 23.5 Å². The van der Waals surface area contributed by atoms with Crippen molar-refractivity contribution in [3.8, 4) is 11.5 Å². The van der Waals surface area contributed by atoms with E-state index in [1.165, 1.54) is 30.7 Å². The molecule has 122 valence electrons. The van der Waals surface area contributed by atoms with E-state index in [4.69, 9.17) is 10.5 Å². The van der Waals surface area contributed by atoms with Gasteiger partial charge in [-0.05, 0) is 42.0 Å². The standard InChI is InChI=1S/C16H14N4O3S/c1-23-13-5-2-9(6-12(13)21)8-18-20-15(22)10-3-4-11-14(7-10)24-16(17)19-11/h2-8,21H,1H3,(H2,17,19)(H,20,22)/b18-8-. The normalized spacial score (nSPS) is 11.0. The van der Waals surface area contributed by atoms with Gasteiger partial charge in [-0.1, -0.05) is 11.3 Å². The van der Waals surface area contributed by atoms with Gasteiger partial charge in [0.2, 0.25) is 0 Å². The van der Waals surface area contributed by atoms with Gasteiger partial charge in [0, 0.05) is 5.56 Å². The van der Waals surface area contributed by atoms with E-state index < -0.39 is 0 Å². The number of aromatic hydroxyl groups is 1. The van der Waals surface area contributed by atoms with Crippen molar-refractivity contribution in [3.05, 3.63) is 47.5 Å². The average molecular weight is 342 g/mol. The number of phenols is 1. The van der Waals surface area contributed by atoms with Crippen LogP contribution in [0.15, 0.2) is 41.5 Å². The van der Waals surface area contributed by atoms with Crippen molar-refractivity contribution >= 4 is 38.8 Å². The lowest BCUT2D eigenvalue weighted by Gasteiger charge is -2.03. The maximum absolute atomic E-state index is 12.1. The van der Waals surface area contributed by atoms with Gasteiger partial charge in [-0.3, -0.25) is 4.79 Å². The third-order valence-electron chi connectivity index (χ3n) is 3.25. The Morgan fingerprint density at radius 1 is 1.38 bits per heavy atom. The summed E-state index contributed by atoms with van der Waals surface area (Å²) in [4.78, 5) is 16.3. The number of carbonyl (C=O) groups excluding carboxylic acids is 1. The maximum atomic E-state index is 12.1. The van der Waals surface area contributed by atoms with Crippen LogP contribution < -0.4 is 15.9 Å². The Hall–Kier alpha value is -3.13. The molecule has 7 nitrogen and oxygen atoms in total. The zero-order valence-electron chi connectivity index (χ0n) is 12.7. The highest BCUT2D eigenvalue weighted by atomic mass is 32.1. The van der Waals surface area contributed by atoms with Crippen molar-refractivity contribution in [2.75, 3.05) is 12.8 Å². The number of nitrogen functional groups attached to an aromatic ring is 1. The fourth-order valence-electron chi connectivity index (χ4n) is 2.10. The molecule has 0 saturated heterocycles. The molecule has 1 heterocycles. The molecular formula is C16H14N4O3S. The topological polar surface area (TPSA) is 110 Å². The van der Waals surface area contributed by atoms with Gasteiger partial charge in [-0.2, -0.15) is 5.10 Å². The van der Waals surface area contributed by atoms with Crippen molar-refractivity contribution in [3.63, 3.8) is 0 Å². The minimum Gasteiger partial charge on any atom is -0.504 e. The fraction of sp³-hybridized carbons (Fsp3) is 0.0625. The van der Waals surface area contributed by atoms with E-state index in [9.17, 15) is 9.90 Å². The van der Waals surface area contributed by atoms with Crippen LogP contribution in [-0.4, -0.2) is 29.3 Å². The van der Waals surface area contributed by atoms with Crippen molar-refractivity contribution in [1.29, 1.82) is 0 Å². The molecule has 0 atom stereocenters. The Labute approximate surface area is 141 Å². The number of fused-ring (bicyclic) bond motifs is 1. The van der Waals surface area contributed by atoms with Gasteiger partial charge in [0.25, 0.3) is 5.91 Å². The molecule has 8 heteroatoms. The molecule has 2 aromatic carbocycles. The number of ether oxygens (including phenoxy) is 1. The number of carbonyl (C=O) groups is 1. The molecule has 0 aliphatic carbocycles. The highest BCUT2D eigenvalue weighted by Gasteiger charge is 2.08. The first-order valence-corrected chi connectivity index (χ1v) is 7.75.